The van der Waals surface area contributed by atoms with Crippen LogP contribution in [0.2, 0.25) is 0 Å². The maximum absolute atomic E-state index is 6.11. The lowest BCUT2D eigenvalue weighted by Crippen LogP contribution is -2.37. The molecule has 3 N–H and O–H groups in total. The molecule has 0 aromatic carbocycles. The fourth-order valence-corrected chi connectivity index (χ4v) is 2.60. The molecule has 11 heavy (non-hydrogen) atoms. The Morgan fingerprint density at radius 2 is 2.64 bits per heavy atom. The van der Waals surface area contributed by atoms with E-state index in [1.807, 2.05) is 18.0 Å². The van der Waals surface area contributed by atoms with Gasteiger partial charge in [-0.05, 0) is 12.2 Å². The van der Waals surface area contributed by atoms with Gasteiger partial charge in [-0.2, -0.15) is 11.8 Å². The predicted octanol–water partition coefficient (Wildman–Crippen LogP) is 0.701. The van der Waals surface area contributed by atoms with E-state index in [0.717, 1.165) is 23.8 Å². The van der Waals surface area contributed by atoms with Gasteiger partial charge in [-0.15, -0.1) is 0 Å². The van der Waals surface area contributed by atoms with Gasteiger partial charge in [0, 0.05) is 18.1 Å². The quantitative estimate of drug-likeness (QED) is 0.650. The number of nitrogens with one attached hydrogen (secondary N) is 1. The SMILES string of the molecule is NC1(c2ncc[nH]2)CCSC1. The standard InChI is InChI=1S/C7H11N3S/c8-7(1-4-11-5-7)6-9-2-3-10-6/h2-3H,1,4-5,8H2,(H,9,10). The Morgan fingerprint density at radius 1 is 1.73 bits per heavy atom. The van der Waals surface area contributed by atoms with Crippen molar-refractivity contribution in [2.75, 3.05) is 11.5 Å². The summed E-state index contributed by atoms with van der Waals surface area (Å²) in [6.45, 7) is 0. The highest BCUT2D eigenvalue weighted by atomic mass is 32.2. The summed E-state index contributed by atoms with van der Waals surface area (Å²) in [4.78, 5) is 7.25. The highest BCUT2D eigenvalue weighted by Gasteiger charge is 2.33. The number of rotatable bonds is 1. The van der Waals surface area contributed by atoms with Gasteiger partial charge in [-0.25, -0.2) is 4.98 Å². The number of thioether (sulfide) groups is 1. The zero-order valence-corrected chi connectivity index (χ0v) is 7.03. The third kappa shape index (κ3) is 1.16. The fraction of sp³-hybridized carbons (Fsp3) is 0.571. The molecule has 0 aliphatic carbocycles. The number of hydrogen-bond donors (Lipinski definition) is 2. The first-order valence-electron chi connectivity index (χ1n) is 3.68. The van der Waals surface area contributed by atoms with E-state index in [4.69, 9.17) is 5.73 Å². The van der Waals surface area contributed by atoms with Crippen molar-refractivity contribution in [3.8, 4) is 0 Å². The molecule has 1 aliphatic heterocycles. The first-order valence-corrected chi connectivity index (χ1v) is 4.83. The summed E-state index contributed by atoms with van der Waals surface area (Å²) in [5, 5.41) is 0. The molecule has 0 spiro atoms. The van der Waals surface area contributed by atoms with Gasteiger partial charge in [-0.1, -0.05) is 0 Å². The number of nitrogens with zero attached hydrogens (tertiary/aromatic N) is 1. The van der Waals surface area contributed by atoms with Crippen molar-refractivity contribution in [2.24, 2.45) is 5.73 Å². The van der Waals surface area contributed by atoms with Crippen LogP contribution in [0.1, 0.15) is 12.2 Å². The molecule has 60 valence electrons. The van der Waals surface area contributed by atoms with Crippen LogP contribution in [0.25, 0.3) is 0 Å². The molecule has 0 radical (unpaired) electrons. The van der Waals surface area contributed by atoms with Crippen molar-refractivity contribution in [3.05, 3.63) is 18.2 Å². The lowest BCUT2D eigenvalue weighted by atomic mass is 10.0. The summed E-state index contributed by atoms with van der Waals surface area (Å²) in [6, 6.07) is 0. The summed E-state index contributed by atoms with van der Waals surface area (Å²) >= 11 is 1.89. The average Bonchev–Trinajstić information content (AvgIpc) is 2.55. The topological polar surface area (TPSA) is 54.7 Å². The largest absolute Gasteiger partial charge is 0.347 e. The van der Waals surface area contributed by atoms with Gasteiger partial charge >= 0.3 is 0 Å². The molecule has 3 nitrogen and oxygen atoms in total. The van der Waals surface area contributed by atoms with Crippen molar-refractivity contribution < 1.29 is 0 Å². The summed E-state index contributed by atoms with van der Waals surface area (Å²) in [6.07, 6.45) is 4.62. The van der Waals surface area contributed by atoms with Crippen molar-refractivity contribution in [1.29, 1.82) is 0 Å². The zero-order valence-electron chi connectivity index (χ0n) is 6.21. The highest BCUT2D eigenvalue weighted by molar-refractivity contribution is 7.99. The van der Waals surface area contributed by atoms with Gasteiger partial charge in [0.2, 0.25) is 0 Å². The van der Waals surface area contributed by atoms with Gasteiger partial charge in [0.15, 0.2) is 0 Å². The smallest absolute Gasteiger partial charge is 0.127 e. The second kappa shape index (κ2) is 2.53. The first kappa shape index (κ1) is 7.18. The van der Waals surface area contributed by atoms with Crippen molar-refractivity contribution >= 4 is 11.8 Å². The average molecular weight is 169 g/mol. The maximum atomic E-state index is 6.11. The summed E-state index contributed by atoms with van der Waals surface area (Å²) in [5.41, 5.74) is 5.92. The lowest BCUT2D eigenvalue weighted by molar-refractivity contribution is 0.480. The Morgan fingerprint density at radius 3 is 3.18 bits per heavy atom. The van der Waals surface area contributed by atoms with Crippen molar-refractivity contribution in [2.45, 2.75) is 12.0 Å². The van der Waals surface area contributed by atoms with Crippen LogP contribution in [0, 0.1) is 0 Å². The minimum Gasteiger partial charge on any atom is -0.347 e. The number of imidazole rings is 1. The van der Waals surface area contributed by atoms with Crippen LogP contribution < -0.4 is 5.73 Å². The van der Waals surface area contributed by atoms with Crippen molar-refractivity contribution in [3.63, 3.8) is 0 Å². The molecular formula is C7H11N3S. The molecule has 1 aliphatic rings. The number of aromatic amines is 1. The molecule has 1 aromatic rings. The van der Waals surface area contributed by atoms with Gasteiger partial charge in [0.1, 0.15) is 5.82 Å². The Labute approximate surface area is 69.8 Å². The molecule has 0 bridgehead atoms. The van der Waals surface area contributed by atoms with E-state index in [-0.39, 0.29) is 5.54 Å². The maximum Gasteiger partial charge on any atom is 0.127 e. The second-order valence-electron chi connectivity index (χ2n) is 2.90. The molecule has 1 fully saturated rings. The first-order chi connectivity index (χ1) is 5.31. The summed E-state index contributed by atoms with van der Waals surface area (Å²) < 4.78 is 0. The molecule has 2 heterocycles. The highest BCUT2D eigenvalue weighted by Crippen LogP contribution is 2.32. The summed E-state index contributed by atoms with van der Waals surface area (Å²) in [5.74, 6) is 3.07. The van der Waals surface area contributed by atoms with Crippen LogP contribution in [0.15, 0.2) is 12.4 Å². The van der Waals surface area contributed by atoms with E-state index in [0.29, 0.717) is 0 Å². The third-order valence-corrected chi connectivity index (χ3v) is 3.23. The Hall–Kier alpha value is -0.480. The summed E-state index contributed by atoms with van der Waals surface area (Å²) in [7, 11) is 0. The molecule has 0 saturated carbocycles. The number of H-pyrrole nitrogens is 1. The Bertz CT molecular complexity index is 226. The molecule has 1 saturated heterocycles. The second-order valence-corrected chi connectivity index (χ2v) is 4.00. The zero-order chi connectivity index (χ0) is 7.73. The minimum atomic E-state index is -0.186. The van der Waals surface area contributed by atoms with Crippen LogP contribution in [0.3, 0.4) is 0 Å². The molecular weight excluding hydrogens is 158 g/mol. The van der Waals surface area contributed by atoms with Crippen LogP contribution >= 0.6 is 11.8 Å². The van der Waals surface area contributed by atoms with Crippen molar-refractivity contribution in [1.82, 2.24) is 9.97 Å². The predicted molar refractivity (Wildman–Crippen MR) is 46.4 cm³/mol. The molecule has 1 aromatic heterocycles. The van der Waals surface area contributed by atoms with Crippen LogP contribution in [0.4, 0.5) is 0 Å². The molecule has 1 atom stereocenters. The van der Waals surface area contributed by atoms with Gasteiger partial charge in [-0.3, -0.25) is 0 Å². The Balaban J connectivity index is 2.27. The van der Waals surface area contributed by atoms with E-state index in [1.54, 1.807) is 6.20 Å². The van der Waals surface area contributed by atoms with Crippen LogP contribution in [0.5, 0.6) is 0 Å². The number of aromatic nitrogens is 2. The van der Waals surface area contributed by atoms with Gasteiger partial charge in [0.25, 0.3) is 0 Å². The normalized spacial score (nSPS) is 31.0. The van der Waals surface area contributed by atoms with E-state index in [9.17, 15) is 0 Å². The van der Waals surface area contributed by atoms with Gasteiger partial charge < -0.3 is 10.7 Å². The van der Waals surface area contributed by atoms with E-state index >= 15 is 0 Å². The monoisotopic (exact) mass is 169 g/mol. The van der Waals surface area contributed by atoms with E-state index < -0.39 is 0 Å². The molecule has 1 unspecified atom stereocenters. The molecule has 0 amide bonds. The third-order valence-electron chi connectivity index (χ3n) is 2.02. The number of nitrogens with two attached hydrogens (primary N) is 1. The van der Waals surface area contributed by atoms with Gasteiger partial charge in [0.05, 0.1) is 5.54 Å². The van der Waals surface area contributed by atoms with Crippen LogP contribution in [-0.4, -0.2) is 21.5 Å². The fourth-order valence-electron chi connectivity index (χ4n) is 1.31. The lowest BCUT2D eigenvalue weighted by Gasteiger charge is -2.18. The molecule has 2 rings (SSSR count). The van der Waals surface area contributed by atoms with E-state index in [2.05, 4.69) is 9.97 Å². The van der Waals surface area contributed by atoms with Crippen LogP contribution in [-0.2, 0) is 5.54 Å². The minimum absolute atomic E-state index is 0.186. The molecule has 4 heteroatoms. The van der Waals surface area contributed by atoms with E-state index in [1.165, 1.54) is 0 Å². The Kier molecular flexibility index (Phi) is 1.65. The number of hydrogen-bond acceptors (Lipinski definition) is 3.